The first-order valence-electron chi connectivity index (χ1n) is 9.05. The molecule has 3 amide bonds. The Labute approximate surface area is 164 Å². The molecular weight excluding hydrogens is 354 g/mol. The van der Waals surface area contributed by atoms with Gasteiger partial charge >= 0.3 is 6.03 Å². The molecule has 28 heavy (non-hydrogen) atoms. The van der Waals surface area contributed by atoms with Crippen LogP contribution in [0.1, 0.15) is 27.3 Å². The summed E-state index contributed by atoms with van der Waals surface area (Å²) in [5.74, 6) is 0.640. The van der Waals surface area contributed by atoms with Gasteiger partial charge in [0.05, 0.1) is 17.6 Å². The monoisotopic (exact) mass is 379 g/mol. The minimum absolute atomic E-state index is 0.0693. The lowest BCUT2D eigenvalue weighted by molar-refractivity contribution is 0.0827. The van der Waals surface area contributed by atoms with Crippen LogP contribution in [0.5, 0.6) is 0 Å². The molecule has 2 N–H and O–H groups in total. The lowest BCUT2D eigenvalue weighted by atomic mass is 10.1. The van der Waals surface area contributed by atoms with Crippen molar-refractivity contribution in [2.45, 2.75) is 20.4 Å². The second kappa shape index (κ2) is 7.72. The van der Waals surface area contributed by atoms with E-state index in [1.54, 1.807) is 26.2 Å². The van der Waals surface area contributed by atoms with Gasteiger partial charge in [-0.25, -0.2) is 9.78 Å². The normalized spacial score (nSPS) is 10.8. The van der Waals surface area contributed by atoms with Crippen molar-refractivity contribution in [2.75, 3.05) is 19.4 Å². The standard InChI is InChI=1S/C21H25N5O2/c1-13-6-7-14(2)16(10-13)24-21(28)22-12-19-23-17-11-15(20(27)25(3)4)8-9-18(17)26(19)5/h6-11H,12H2,1-5H3,(H2,22,24,28). The van der Waals surface area contributed by atoms with Crippen molar-refractivity contribution in [3.63, 3.8) is 0 Å². The Hall–Kier alpha value is -3.35. The maximum absolute atomic E-state index is 12.3. The average molecular weight is 379 g/mol. The van der Waals surface area contributed by atoms with Crippen LogP contribution in [0.3, 0.4) is 0 Å². The van der Waals surface area contributed by atoms with Gasteiger partial charge in [0.2, 0.25) is 0 Å². The molecule has 3 rings (SSSR count). The summed E-state index contributed by atoms with van der Waals surface area (Å²) >= 11 is 0. The van der Waals surface area contributed by atoms with E-state index in [0.29, 0.717) is 11.4 Å². The summed E-state index contributed by atoms with van der Waals surface area (Å²) in [6, 6.07) is 11.1. The number of hydrogen-bond acceptors (Lipinski definition) is 3. The first-order valence-corrected chi connectivity index (χ1v) is 9.05. The molecule has 0 aliphatic rings. The number of nitrogens with zero attached hydrogens (tertiary/aromatic N) is 3. The fourth-order valence-electron chi connectivity index (χ4n) is 3.00. The molecule has 1 aromatic heterocycles. The Morgan fingerprint density at radius 3 is 2.57 bits per heavy atom. The molecule has 0 saturated carbocycles. The Kier molecular flexibility index (Phi) is 5.35. The summed E-state index contributed by atoms with van der Waals surface area (Å²) in [5, 5.41) is 5.72. The van der Waals surface area contributed by atoms with Crippen molar-refractivity contribution in [1.82, 2.24) is 19.8 Å². The number of carbonyl (C=O) groups excluding carboxylic acids is 2. The zero-order valence-electron chi connectivity index (χ0n) is 16.8. The van der Waals surface area contributed by atoms with Gasteiger partial charge in [0.25, 0.3) is 5.91 Å². The molecule has 0 aliphatic carbocycles. The molecule has 0 fully saturated rings. The van der Waals surface area contributed by atoms with E-state index in [9.17, 15) is 9.59 Å². The zero-order valence-corrected chi connectivity index (χ0v) is 16.8. The van der Waals surface area contributed by atoms with E-state index >= 15 is 0 Å². The molecule has 0 radical (unpaired) electrons. The van der Waals surface area contributed by atoms with Crippen LogP contribution in [-0.2, 0) is 13.6 Å². The first kappa shape index (κ1) is 19.4. The van der Waals surface area contributed by atoms with E-state index in [-0.39, 0.29) is 18.5 Å². The summed E-state index contributed by atoms with van der Waals surface area (Å²) in [4.78, 5) is 30.5. The highest BCUT2D eigenvalue weighted by atomic mass is 16.2. The lowest BCUT2D eigenvalue weighted by Gasteiger charge is -2.10. The second-order valence-electron chi connectivity index (χ2n) is 7.12. The van der Waals surface area contributed by atoms with Crippen molar-refractivity contribution in [2.24, 2.45) is 7.05 Å². The molecule has 0 saturated heterocycles. The third-order valence-corrected chi connectivity index (χ3v) is 4.67. The number of imidazole rings is 1. The van der Waals surface area contributed by atoms with Crippen LogP contribution in [0.25, 0.3) is 11.0 Å². The summed E-state index contributed by atoms with van der Waals surface area (Å²) in [6.45, 7) is 4.21. The van der Waals surface area contributed by atoms with E-state index in [4.69, 9.17) is 0 Å². The van der Waals surface area contributed by atoms with Crippen molar-refractivity contribution in [3.8, 4) is 0 Å². The molecular formula is C21H25N5O2. The lowest BCUT2D eigenvalue weighted by Crippen LogP contribution is -2.29. The Balaban J connectivity index is 1.73. The van der Waals surface area contributed by atoms with Crippen molar-refractivity contribution in [1.29, 1.82) is 0 Å². The number of carbonyl (C=O) groups is 2. The van der Waals surface area contributed by atoms with Gasteiger partial charge in [0, 0.05) is 32.4 Å². The summed E-state index contributed by atoms with van der Waals surface area (Å²) in [5.41, 5.74) is 5.09. The molecule has 1 heterocycles. The largest absolute Gasteiger partial charge is 0.345 e. The van der Waals surface area contributed by atoms with Crippen LogP contribution in [0.2, 0.25) is 0 Å². The van der Waals surface area contributed by atoms with Gasteiger partial charge in [-0.3, -0.25) is 4.79 Å². The van der Waals surface area contributed by atoms with Crippen LogP contribution < -0.4 is 10.6 Å². The minimum Gasteiger partial charge on any atom is -0.345 e. The van der Waals surface area contributed by atoms with Crippen LogP contribution >= 0.6 is 0 Å². The zero-order chi connectivity index (χ0) is 20.4. The highest BCUT2D eigenvalue weighted by Gasteiger charge is 2.13. The Morgan fingerprint density at radius 1 is 1.11 bits per heavy atom. The molecule has 0 aliphatic heterocycles. The third kappa shape index (κ3) is 3.98. The molecule has 7 heteroatoms. The molecule has 0 spiro atoms. The van der Waals surface area contributed by atoms with Crippen molar-refractivity contribution < 1.29 is 9.59 Å². The van der Waals surface area contributed by atoms with Gasteiger partial charge in [-0.15, -0.1) is 0 Å². The van der Waals surface area contributed by atoms with Gasteiger partial charge in [0.1, 0.15) is 5.82 Å². The summed E-state index contributed by atoms with van der Waals surface area (Å²) < 4.78 is 1.91. The number of rotatable bonds is 4. The Morgan fingerprint density at radius 2 is 1.86 bits per heavy atom. The number of aryl methyl sites for hydroxylation is 3. The number of fused-ring (bicyclic) bond motifs is 1. The second-order valence-corrected chi connectivity index (χ2v) is 7.12. The molecule has 2 aromatic carbocycles. The van der Waals surface area contributed by atoms with Gasteiger partial charge in [-0.2, -0.15) is 0 Å². The number of hydrogen-bond donors (Lipinski definition) is 2. The smallest absolute Gasteiger partial charge is 0.319 e. The van der Waals surface area contributed by atoms with E-state index < -0.39 is 0 Å². The summed E-state index contributed by atoms with van der Waals surface area (Å²) in [7, 11) is 5.33. The molecule has 7 nitrogen and oxygen atoms in total. The number of nitrogens with one attached hydrogen (secondary N) is 2. The number of aromatic nitrogens is 2. The predicted octanol–water partition coefficient (Wildman–Crippen LogP) is 3.21. The highest BCUT2D eigenvalue weighted by molar-refractivity contribution is 5.97. The SMILES string of the molecule is Cc1ccc(C)c(NC(=O)NCc2nc3cc(C(=O)N(C)C)ccc3n2C)c1. The first-order chi connectivity index (χ1) is 13.3. The summed E-state index contributed by atoms with van der Waals surface area (Å²) in [6.07, 6.45) is 0. The van der Waals surface area contributed by atoms with E-state index in [0.717, 1.165) is 27.8 Å². The number of benzene rings is 2. The topological polar surface area (TPSA) is 79.3 Å². The van der Waals surface area contributed by atoms with Crippen LogP contribution in [0.15, 0.2) is 36.4 Å². The quantitative estimate of drug-likeness (QED) is 0.730. The van der Waals surface area contributed by atoms with E-state index in [1.165, 1.54) is 4.90 Å². The van der Waals surface area contributed by atoms with Crippen molar-refractivity contribution >= 4 is 28.7 Å². The molecule has 3 aromatic rings. The fraction of sp³-hybridized carbons (Fsp3) is 0.286. The van der Waals surface area contributed by atoms with Crippen LogP contribution in [0.4, 0.5) is 10.5 Å². The number of urea groups is 1. The molecule has 146 valence electrons. The Bertz CT molecular complexity index is 1050. The van der Waals surface area contributed by atoms with Crippen LogP contribution in [-0.4, -0.2) is 40.5 Å². The number of anilines is 1. The van der Waals surface area contributed by atoms with E-state index in [1.807, 2.05) is 49.7 Å². The average Bonchev–Trinajstić information content (AvgIpc) is 2.97. The van der Waals surface area contributed by atoms with Gasteiger partial charge < -0.3 is 20.1 Å². The molecule has 0 atom stereocenters. The highest BCUT2D eigenvalue weighted by Crippen LogP contribution is 2.18. The fourth-order valence-corrected chi connectivity index (χ4v) is 3.00. The van der Waals surface area contributed by atoms with Crippen LogP contribution in [0, 0.1) is 13.8 Å². The van der Waals surface area contributed by atoms with Crippen molar-refractivity contribution in [3.05, 3.63) is 58.9 Å². The predicted molar refractivity (Wildman–Crippen MR) is 111 cm³/mol. The minimum atomic E-state index is -0.288. The number of amides is 3. The molecule has 0 unspecified atom stereocenters. The van der Waals surface area contributed by atoms with E-state index in [2.05, 4.69) is 15.6 Å². The van der Waals surface area contributed by atoms with Gasteiger partial charge in [-0.1, -0.05) is 12.1 Å². The maximum atomic E-state index is 12.3. The third-order valence-electron chi connectivity index (χ3n) is 4.67. The molecule has 0 bridgehead atoms. The maximum Gasteiger partial charge on any atom is 0.319 e. The van der Waals surface area contributed by atoms with Gasteiger partial charge in [-0.05, 0) is 49.2 Å². The van der Waals surface area contributed by atoms with Gasteiger partial charge in [0.15, 0.2) is 0 Å².